The van der Waals surface area contributed by atoms with E-state index in [1.165, 1.54) is 22.3 Å². The summed E-state index contributed by atoms with van der Waals surface area (Å²) in [6.07, 6.45) is 1.98. The highest BCUT2D eigenvalue weighted by atomic mass is 32.1. The third kappa shape index (κ3) is 4.08. The van der Waals surface area contributed by atoms with E-state index >= 15 is 0 Å². The van der Waals surface area contributed by atoms with Crippen molar-refractivity contribution in [2.75, 3.05) is 10.6 Å². The Hall–Kier alpha value is -1.87. The summed E-state index contributed by atoms with van der Waals surface area (Å²) in [4.78, 5) is 0. The van der Waals surface area contributed by atoms with E-state index in [4.69, 9.17) is 12.2 Å². The van der Waals surface area contributed by atoms with E-state index in [9.17, 15) is 0 Å². The minimum Gasteiger partial charge on any atom is -0.332 e. The van der Waals surface area contributed by atoms with Crippen molar-refractivity contribution in [1.82, 2.24) is 0 Å². The lowest BCUT2D eigenvalue weighted by molar-refractivity contribution is 1.09. The Morgan fingerprint density at radius 1 is 0.909 bits per heavy atom. The summed E-state index contributed by atoms with van der Waals surface area (Å²) < 4.78 is 0. The molecule has 0 spiro atoms. The quantitative estimate of drug-likeness (QED) is 0.755. The molecule has 2 N–H and O–H groups in total. The van der Waals surface area contributed by atoms with Gasteiger partial charge in [-0.25, -0.2) is 0 Å². The molecular formula is C19H24N2S. The number of para-hydroxylation sites is 1. The zero-order valence-corrected chi connectivity index (χ0v) is 14.6. The molecule has 0 unspecified atom stereocenters. The first-order valence-electron chi connectivity index (χ1n) is 7.80. The topological polar surface area (TPSA) is 24.1 Å². The highest BCUT2D eigenvalue weighted by molar-refractivity contribution is 7.80. The maximum atomic E-state index is 5.50. The molecule has 2 aromatic carbocycles. The molecule has 0 radical (unpaired) electrons. The molecule has 0 aromatic heterocycles. The van der Waals surface area contributed by atoms with Crippen LogP contribution in [-0.2, 0) is 12.8 Å². The monoisotopic (exact) mass is 312 g/mol. The molecule has 0 saturated heterocycles. The number of rotatable bonds is 4. The van der Waals surface area contributed by atoms with Gasteiger partial charge in [0, 0.05) is 11.4 Å². The lowest BCUT2D eigenvalue weighted by atomic mass is 10.0. The van der Waals surface area contributed by atoms with Crippen molar-refractivity contribution in [2.45, 2.75) is 40.5 Å². The fraction of sp³-hybridized carbons (Fsp3) is 0.316. The van der Waals surface area contributed by atoms with Crippen LogP contribution in [0, 0.1) is 13.8 Å². The van der Waals surface area contributed by atoms with E-state index in [2.05, 4.69) is 74.7 Å². The van der Waals surface area contributed by atoms with Crippen LogP contribution in [0.4, 0.5) is 11.4 Å². The van der Waals surface area contributed by atoms with Crippen LogP contribution < -0.4 is 10.6 Å². The molecule has 0 heterocycles. The van der Waals surface area contributed by atoms with E-state index in [-0.39, 0.29) is 0 Å². The Morgan fingerprint density at radius 2 is 1.45 bits per heavy atom. The van der Waals surface area contributed by atoms with Crippen LogP contribution >= 0.6 is 12.2 Å². The van der Waals surface area contributed by atoms with Crippen molar-refractivity contribution in [2.24, 2.45) is 0 Å². The molecule has 0 aliphatic heterocycles. The first-order chi connectivity index (χ1) is 10.5. The third-order valence-electron chi connectivity index (χ3n) is 3.72. The highest BCUT2D eigenvalue weighted by Gasteiger charge is 2.08. The molecule has 22 heavy (non-hydrogen) atoms. The summed E-state index contributed by atoms with van der Waals surface area (Å²) in [7, 11) is 0. The average Bonchev–Trinajstić information content (AvgIpc) is 2.46. The molecule has 0 amide bonds. The van der Waals surface area contributed by atoms with Gasteiger partial charge in [-0.1, -0.05) is 38.1 Å². The minimum absolute atomic E-state index is 0.639. The normalized spacial score (nSPS) is 10.4. The summed E-state index contributed by atoms with van der Waals surface area (Å²) in [5.41, 5.74) is 7.23. The van der Waals surface area contributed by atoms with Crippen molar-refractivity contribution in [3.05, 3.63) is 58.7 Å². The van der Waals surface area contributed by atoms with Crippen molar-refractivity contribution < 1.29 is 0 Å². The van der Waals surface area contributed by atoms with Crippen LogP contribution in [0.15, 0.2) is 36.4 Å². The number of hydrogen-bond donors (Lipinski definition) is 2. The number of thiocarbonyl (C=S) groups is 1. The van der Waals surface area contributed by atoms with Gasteiger partial charge in [0.25, 0.3) is 0 Å². The fourth-order valence-corrected chi connectivity index (χ4v) is 2.95. The van der Waals surface area contributed by atoms with Gasteiger partial charge < -0.3 is 10.6 Å². The smallest absolute Gasteiger partial charge is 0.175 e. The highest BCUT2D eigenvalue weighted by Crippen LogP contribution is 2.23. The second-order valence-corrected chi connectivity index (χ2v) is 6.02. The largest absolute Gasteiger partial charge is 0.332 e. The molecule has 2 aromatic rings. The van der Waals surface area contributed by atoms with Gasteiger partial charge >= 0.3 is 0 Å². The number of benzene rings is 2. The molecule has 0 atom stereocenters. The summed E-state index contributed by atoms with van der Waals surface area (Å²) in [5, 5.41) is 7.32. The average molecular weight is 312 g/mol. The van der Waals surface area contributed by atoms with Crippen LogP contribution in [-0.4, -0.2) is 5.11 Å². The fourth-order valence-electron chi connectivity index (χ4n) is 2.73. The third-order valence-corrected chi connectivity index (χ3v) is 3.92. The molecule has 0 aliphatic carbocycles. The summed E-state index contributed by atoms with van der Waals surface area (Å²) in [5.74, 6) is 0. The Balaban J connectivity index is 2.18. The van der Waals surface area contributed by atoms with Gasteiger partial charge in [-0.2, -0.15) is 0 Å². The summed E-state index contributed by atoms with van der Waals surface area (Å²) >= 11 is 5.50. The van der Waals surface area contributed by atoms with Crippen molar-refractivity contribution in [1.29, 1.82) is 0 Å². The molecule has 0 bridgehead atoms. The number of hydrogen-bond acceptors (Lipinski definition) is 1. The van der Waals surface area contributed by atoms with Crippen molar-refractivity contribution in [3.63, 3.8) is 0 Å². The molecule has 116 valence electrons. The van der Waals surface area contributed by atoms with E-state index in [1.54, 1.807) is 0 Å². The zero-order chi connectivity index (χ0) is 16.1. The molecule has 0 fully saturated rings. The van der Waals surface area contributed by atoms with Crippen LogP contribution in [0.1, 0.15) is 36.1 Å². The van der Waals surface area contributed by atoms with Gasteiger partial charge in [-0.15, -0.1) is 0 Å². The second kappa shape index (κ2) is 7.41. The summed E-state index contributed by atoms with van der Waals surface area (Å²) in [6.45, 7) is 8.52. The molecule has 3 heteroatoms. The van der Waals surface area contributed by atoms with E-state index in [1.807, 2.05) is 0 Å². The molecular weight excluding hydrogens is 288 g/mol. The lowest BCUT2D eigenvalue weighted by Gasteiger charge is -2.17. The Labute approximate surface area is 139 Å². The van der Waals surface area contributed by atoms with Gasteiger partial charge in [0.05, 0.1) is 0 Å². The molecule has 2 nitrogen and oxygen atoms in total. The van der Waals surface area contributed by atoms with Crippen molar-refractivity contribution >= 4 is 28.7 Å². The predicted molar refractivity (Wildman–Crippen MR) is 101 cm³/mol. The van der Waals surface area contributed by atoms with E-state index in [0.717, 1.165) is 24.2 Å². The van der Waals surface area contributed by atoms with E-state index < -0.39 is 0 Å². The number of aryl methyl sites for hydroxylation is 4. The second-order valence-electron chi connectivity index (χ2n) is 5.61. The van der Waals surface area contributed by atoms with Gasteiger partial charge in [-0.3, -0.25) is 0 Å². The SMILES string of the molecule is CCc1cccc(CC)c1NC(=S)Nc1cc(C)cc(C)c1. The Kier molecular flexibility index (Phi) is 5.56. The van der Waals surface area contributed by atoms with Gasteiger partial charge in [-0.05, 0) is 73.3 Å². The zero-order valence-electron chi connectivity index (χ0n) is 13.8. The van der Waals surface area contributed by atoms with Crippen molar-refractivity contribution in [3.8, 4) is 0 Å². The van der Waals surface area contributed by atoms with Crippen LogP contribution in [0.2, 0.25) is 0 Å². The maximum absolute atomic E-state index is 5.50. The van der Waals surface area contributed by atoms with Gasteiger partial charge in [0.2, 0.25) is 0 Å². The van der Waals surface area contributed by atoms with Gasteiger partial charge in [0.1, 0.15) is 0 Å². The van der Waals surface area contributed by atoms with E-state index in [0.29, 0.717) is 5.11 Å². The van der Waals surface area contributed by atoms with Gasteiger partial charge in [0.15, 0.2) is 5.11 Å². The number of anilines is 2. The first kappa shape index (κ1) is 16.5. The first-order valence-corrected chi connectivity index (χ1v) is 8.21. The maximum Gasteiger partial charge on any atom is 0.175 e. The molecule has 2 rings (SSSR count). The van der Waals surface area contributed by atoms with Crippen LogP contribution in [0.3, 0.4) is 0 Å². The van der Waals surface area contributed by atoms with Crippen LogP contribution in [0.5, 0.6) is 0 Å². The molecule has 0 aliphatic rings. The predicted octanol–water partition coefficient (Wildman–Crippen LogP) is 5.24. The Bertz CT molecular complexity index is 635. The molecule has 0 saturated carbocycles. The van der Waals surface area contributed by atoms with Crippen LogP contribution in [0.25, 0.3) is 0 Å². The standard InChI is InChI=1S/C19H24N2S/c1-5-15-8-7-9-16(6-2)18(15)21-19(22)20-17-11-13(3)10-14(4)12-17/h7-12H,5-6H2,1-4H3,(H2,20,21,22). The summed E-state index contributed by atoms with van der Waals surface area (Å²) in [6, 6.07) is 12.8. The number of nitrogens with one attached hydrogen (secondary N) is 2. The lowest BCUT2D eigenvalue weighted by Crippen LogP contribution is -2.21. The Morgan fingerprint density at radius 3 is 1.95 bits per heavy atom. The minimum atomic E-state index is 0.639.